The Kier molecular flexibility index (Phi) is 3.28. The van der Waals surface area contributed by atoms with Gasteiger partial charge in [0.25, 0.3) is 0 Å². The molecule has 1 aliphatic carbocycles. The number of methoxy groups -OCH3 is 1. The number of carbonyl (C=O) groups is 1. The van der Waals surface area contributed by atoms with Crippen molar-refractivity contribution in [2.45, 2.75) is 26.7 Å². The first-order valence-corrected chi connectivity index (χ1v) is 7.20. The van der Waals surface area contributed by atoms with Crippen molar-refractivity contribution in [3.8, 4) is 17.0 Å². The van der Waals surface area contributed by atoms with Gasteiger partial charge in [0.2, 0.25) is 0 Å². The summed E-state index contributed by atoms with van der Waals surface area (Å²) in [6.07, 6.45) is 1.72. The minimum atomic E-state index is -0.268. The maximum atomic E-state index is 12.4. The molecule has 0 saturated heterocycles. The lowest BCUT2D eigenvalue weighted by Crippen LogP contribution is -2.31. The minimum absolute atomic E-state index is 0.206. The van der Waals surface area contributed by atoms with Crippen LogP contribution in [0.5, 0.6) is 5.75 Å². The Morgan fingerprint density at radius 1 is 1.10 bits per heavy atom. The van der Waals surface area contributed by atoms with E-state index >= 15 is 0 Å². The van der Waals surface area contributed by atoms with Crippen molar-refractivity contribution in [2.24, 2.45) is 5.41 Å². The van der Waals surface area contributed by atoms with Crippen molar-refractivity contribution in [2.75, 3.05) is 7.11 Å². The lowest BCUT2D eigenvalue weighted by molar-refractivity contribution is 0.0809. The van der Waals surface area contributed by atoms with E-state index in [9.17, 15) is 4.79 Å². The smallest absolute Gasteiger partial charge is 0.170 e. The van der Waals surface area contributed by atoms with Gasteiger partial charge in [-0.15, -0.1) is 0 Å². The molecule has 1 aliphatic rings. The van der Waals surface area contributed by atoms with Crippen LogP contribution in [0.3, 0.4) is 0 Å². The normalized spacial score (nSPS) is 16.4. The quantitative estimate of drug-likeness (QED) is 0.837. The molecule has 0 atom stereocenters. The predicted octanol–water partition coefficient (Wildman–Crippen LogP) is 3.91. The SMILES string of the molecule is COc1ccc(-c2ccc3c(n2)CCC(C)(C)C3=O)cc1. The Bertz CT molecular complexity index is 687. The molecule has 108 valence electrons. The summed E-state index contributed by atoms with van der Waals surface area (Å²) in [5.41, 5.74) is 3.38. The number of fused-ring (bicyclic) bond motifs is 1. The van der Waals surface area contributed by atoms with Crippen molar-refractivity contribution in [3.63, 3.8) is 0 Å². The molecule has 0 radical (unpaired) electrons. The summed E-state index contributed by atoms with van der Waals surface area (Å²) >= 11 is 0. The van der Waals surface area contributed by atoms with E-state index in [0.29, 0.717) is 0 Å². The van der Waals surface area contributed by atoms with Crippen molar-refractivity contribution >= 4 is 5.78 Å². The summed E-state index contributed by atoms with van der Waals surface area (Å²) in [5, 5.41) is 0. The number of carbonyl (C=O) groups excluding carboxylic acids is 1. The largest absolute Gasteiger partial charge is 0.497 e. The summed E-state index contributed by atoms with van der Waals surface area (Å²) in [4.78, 5) is 17.1. The van der Waals surface area contributed by atoms with Gasteiger partial charge >= 0.3 is 0 Å². The standard InChI is InChI=1S/C18H19NO2/c1-18(2)11-10-16-14(17(18)20)8-9-15(19-16)12-4-6-13(21-3)7-5-12/h4-9H,10-11H2,1-3H3. The van der Waals surface area contributed by atoms with Gasteiger partial charge in [-0.1, -0.05) is 13.8 Å². The molecule has 1 aromatic heterocycles. The Morgan fingerprint density at radius 2 is 1.81 bits per heavy atom. The molecule has 0 aliphatic heterocycles. The maximum Gasteiger partial charge on any atom is 0.170 e. The van der Waals surface area contributed by atoms with E-state index in [1.165, 1.54) is 0 Å². The molecule has 1 heterocycles. The van der Waals surface area contributed by atoms with Gasteiger partial charge in [0.05, 0.1) is 18.5 Å². The number of rotatable bonds is 2. The molecule has 0 saturated carbocycles. The van der Waals surface area contributed by atoms with Gasteiger partial charge in [0.15, 0.2) is 5.78 Å². The van der Waals surface area contributed by atoms with Gasteiger partial charge in [0, 0.05) is 16.5 Å². The lowest BCUT2D eigenvalue weighted by Gasteiger charge is -2.29. The zero-order valence-corrected chi connectivity index (χ0v) is 12.6. The number of hydrogen-bond donors (Lipinski definition) is 0. The molecule has 2 aromatic rings. The van der Waals surface area contributed by atoms with E-state index in [-0.39, 0.29) is 11.2 Å². The summed E-state index contributed by atoms with van der Waals surface area (Å²) in [6, 6.07) is 11.7. The highest BCUT2D eigenvalue weighted by Crippen LogP contribution is 2.35. The molecule has 0 N–H and O–H groups in total. The molecule has 1 aromatic carbocycles. The average molecular weight is 281 g/mol. The number of Topliss-reactive ketones (excluding diaryl/α,β-unsaturated/α-hetero) is 1. The van der Waals surface area contributed by atoms with Gasteiger partial charge in [-0.25, -0.2) is 0 Å². The second-order valence-corrected chi connectivity index (χ2v) is 6.13. The van der Waals surface area contributed by atoms with Crippen LogP contribution in [0.25, 0.3) is 11.3 Å². The second kappa shape index (κ2) is 4.99. The van der Waals surface area contributed by atoms with Crippen LogP contribution in [-0.4, -0.2) is 17.9 Å². The number of aryl methyl sites for hydroxylation is 1. The number of hydrogen-bond acceptors (Lipinski definition) is 3. The number of pyridine rings is 1. The minimum Gasteiger partial charge on any atom is -0.497 e. The predicted molar refractivity (Wildman–Crippen MR) is 82.7 cm³/mol. The van der Waals surface area contributed by atoms with Crippen molar-refractivity contribution in [3.05, 3.63) is 47.7 Å². The zero-order valence-electron chi connectivity index (χ0n) is 12.6. The zero-order chi connectivity index (χ0) is 15.0. The van der Waals surface area contributed by atoms with Gasteiger partial charge in [-0.05, 0) is 49.2 Å². The first kappa shape index (κ1) is 13.8. The van der Waals surface area contributed by atoms with Gasteiger partial charge in [-0.3, -0.25) is 9.78 Å². The molecule has 3 heteroatoms. The third kappa shape index (κ3) is 2.44. The molecule has 0 unspecified atom stereocenters. The number of ether oxygens (including phenoxy) is 1. The first-order valence-electron chi connectivity index (χ1n) is 7.20. The Labute approximate surface area is 125 Å². The third-order valence-corrected chi connectivity index (χ3v) is 4.21. The fourth-order valence-corrected chi connectivity index (χ4v) is 2.73. The van der Waals surface area contributed by atoms with Crippen LogP contribution in [0.2, 0.25) is 0 Å². The molecule has 0 fully saturated rings. The topological polar surface area (TPSA) is 39.2 Å². The molecule has 3 rings (SSSR count). The van der Waals surface area contributed by atoms with Crippen LogP contribution in [0, 0.1) is 5.41 Å². The average Bonchev–Trinajstić information content (AvgIpc) is 2.51. The lowest BCUT2D eigenvalue weighted by atomic mass is 9.75. The molecular weight excluding hydrogens is 262 g/mol. The summed E-state index contributed by atoms with van der Waals surface area (Å²) < 4.78 is 5.17. The fourth-order valence-electron chi connectivity index (χ4n) is 2.73. The van der Waals surface area contributed by atoms with Crippen LogP contribution in [0.4, 0.5) is 0 Å². The first-order chi connectivity index (χ1) is 10.0. The van der Waals surface area contributed by atoms with Gasteiger partial charge in [0.1, 0.15) is 5.75 Å². The molecule has 3 nitrogen and oxygen atoms in total. The number of aromatic nitrogens is 1. The van der Waals surface area contributed by atoms with Crippen molar-refractivity contribution in [1.29, 1.82) is 0 Å². The van der Waals surface area contributed by atoms with Gasteiger partial charge < -0.3 is 4.74 Å². The van der Waals surface area contributed by atoms with E-state index in [1.807, 2.05) is 50.2 Å². The third-order valence-electron chi connectivity index (χ3n) is 4.21. The highest BCUT2D eigenvalue weighted by molar-refractivity contribution is 6.02. The van der Waals surface area contributed by atoms with Crippen molar-refractivity contribution in [1.82, 2.24) is 4.98 Å². The van der Waals surface area contributed by atoms with Crippen LogP contribution >= 0.6 is 0 Å². The number of nitrogens with zero attached hydrogens (tertiary/aromatic N) is 1. The molecule has 0 spiro atoms. The van der Waals surface area contributed by atoms with E-state index < -0.39 is 0 Å². The second-order valence-electron chi connectivity index (χ2n) is 6.13. The van der Waals surface area contributed by atoms with Crippen molar-refractivity contribution < 1.29 is 9.53 Å². The highest BCUT2D eigenvalue weighted by atomic mass is 16.5. The summed E-state index contributed by atoms with van der Waals surface area (Å²) in [5.74, 6) is 1.03. The van der Waals surface area contributed by atoms with E-state index in [2.05, 4.69) is 0 Å². The summed E-state index contributed by atoms with van der Waals surface area (Å²) in [7, 11) is 1.65. The summed E-state index contributed by atoms with van der Waals surface area (Å²) in [6.45, 7) is 4.02. The Hall–Kier alpha value is -2.16. The number of benzene rings is 1. The maximum absolute atomic E-state index is 12.4. The van der Waals surface area contributed by atoms with Crippen LogP contribution < -0.4 is 4.74 Å². The molecule has 21 heavy (non-hydrogen) atoms. The van der Waals surface area contributed by atoms with Crippen LogP contribution in [-0.2, 0) is 6.42 Å². The fraction of sp³-hybridized carbons (Fsp3) is 0.333. The Balaban J connectivity index is 1.98. The molecular formula is C18H19NO2. The van der Waals surface area contributed by atoms with Gasteiger partial charge in [-0.2, -0.15) is 0 Å². The van der Waals surface area contributed by atoms with E-state index in [1.54, 1.807) is 7.11 Å². The van der Waals surface area contributed by atoms with E-state index in [4.69, 9.17) is 9.72 Å². The molecule has 0 bridgehead atoms. The highest BCUT2D eigenvalue weighted by Gasteiger charge is 2.34. The van der Waals surface area contributed by atoms with Crippen LogP contribution in [0.15, 0.2) is 36.4 Å². The monoisotopic (exact) mass is 281 g/mol. The van der Waals surface area contributed by atoms with Crippen LogP contribution in [0.1, 0.15) is 36.3 Å². The molecule has 0 amide bonds. The number of ketones is 1. The van der Waals surface area contributed by atoms with E-state index in [0.717, 1.165) is 41.1 Å². The Morgan fingerprint density at radius 3 is 2.48 bits per heavy atom.